The molecular formula is C51H41N. The van der Waals surface area contributed by atoms with Gasteiger partial charge in [0.1, 0.15) is 0 Å². The lowest BCUT2D eigenvalue weighted by Crippen LogP contribution is -2.25. The van der Waals surface area contributed by atoms with E-state index in [9.17, 15) is 0 Å². The van der Waals surface area contributed by atoms with Crippen LogP contribution in [0, 0.1) is 0 Å². The summed E-state index contributed by atoms with van der Waals surface area (Å²) in [5.41, 5.74) is 16.7. The molecule has 1 heteroatoms. The lowest BCUT2D eigenvalue weighted by molar-refractivity contribution is 0.795. The fraction of sp³-hybridized carbons (Fsp3) is 0.137. The van der Waals surface area contributed by atoms with Gasteiger partial charge in [-0.25, -0.2) is 0 Å². The topological polar surface area (TPSA) is 3.24 Å². The molecule has 0 aliphatic heterocycles. The number of nitrogens with zero attached hydrogens (tertiary/aromatic N) is 1. The Morgan fingerprint density at radius 3 is 1.54 bits per heavy atom. The zero-order valence-electron chi connectivity index (χ0n) is 30.2. The molecule has 1 nitrogen and oxygen atoms in total. The van der Waals surface area contributed by atoms with Gasteiger partial charge in [-0.1, -0.05) is 143 Å². The highest BCUT2D eigenvalue weighted by Crippen LogP contribution is 2.64. The Balaban J connectivity index is 1.24. The van der Waals surface area contributed by atoms with E-state index >= 15 is 0 Å². The largest absolute Gasteiger partial charge is 0.310 e. The Morgan fingerprint density at radius 1 is 0.385 bits per heavy atom. The van der Waals surface area contributed by atoms with Gasteiger partial charge in [-0.3, -0.25) is 0 Å². The second kappa shape index (κ2) is 11.6. The first-order valence-corrected chi connectivity index (χ1v) is 18.7. The molecule has 0 unspecified atom stereocenters. The molecule has 0 atom stereocenters. The van der Waals surface area contributed by atoms with Crippen molar-refractivity contribution in [2.45, 2.75) is 44.9 Å². The maximum absolute atomic E-state index is 2.52. The third-order valence-electron chi connectivity index (χ3n) is 11.8. The Labute approximate surface area is 306 Å². The zero-order chi connectivity index (χ0) is 35.1. The number of anilines is 3. The summed E-state index contributed by atoms with van der Waals surface area (Å²) in [6.45, 7) is 9.03. The molecule has 0 fully saturated rings. The van der Waals surface area contributed by atoms with Crippen molar-refractivity contribution in [3.8, 4) is 22.3 Å². The minimum Gasteiger partial charge on any atom is -0.310 e. The van der Waals surface area contributed by atoms with Crippen LogP contribution in [0.3, 0.4) is 0 Å². The van der Waals surface area contributed by atoms with Crippen molar-refractivity contribution in [1.82, 2.24) is 0 Å². The van der Waals surface area contributed by atoms with Crippen molar-refractivity contribution in [2.24, 2.45) is 0 Å². The SMILES string of the molecule is CC(C)c1ccc(N(c2ccc(C(C)C)cc2)c2ccc3cc4c(cc3c2)C2(c3ccccc3-c3ccccc32)c2ccc3ccccc3c2-4)cc1. The average molecular weight is 668 g/mol. The van der Waals surface area contributed by atoms with Crippen LogP contribution in [0.15, 0.2) is 164 Å². The van der Waals surface area contributed by atoms with Crippen molar-refractivity contribution in [2.75, 3.05) is 4.90 Å². The molecule has 0 N–H and O–H groups in total. The third kappa shape index (κ3) is 4.35. The number of hydrogen-bond acceptors (Lipinski definition) is 1. The van der Waals surface area contributed by atoms with Gasteiger partial charge in [-0.15, -0.1) is 0 Å². The molecule has 2 aliphatic carbocycles. The van der Waals surface area contributed by atoms with E-state index in [0.717, 1.165) is 17.1 Å². The molecule has 0 aromatic heterocycles. The molecule has 2 aliphatic rings. The van der Waals surface area contributed by atoms with E-state index in [1.165, 1.54) is 77.2 Å². The summed E-state index contributed by atoms with van der Waals surface area (Å²) >= 11 is 0. The first-order chi connectivity index (χ1) is 25.4. The van der Waals surface area contributed by atoms with Crippen LogP contribution in [0.25, 0.3) is 43.8 Å². The number of benzene rings is 8. The maximum Gasteiger partial charge on any atom is 0.0725 e. The lowest BCUT2D eigenvalue weighted by Gasteiger charge is -2.31. The first kappa shape index (κ1) is 30.9. The van der Waals surface area contributed by atoms with Crippen LogP contribution in [0.4, 0.5) is 17.1 Å². The Morgan fingerprint density at radius 2 is 0.923 bits per heavy atom. The molecule has 0 amide bonds. The molecule has 8 aromatic carbocycles. The number of fused-ring (bicyclic) bond motifs is 13. The monoisotopic (exact) mass is 667 g/mol. The van der Waals surface area contributed by atoms with E-state index in [1.807, 2.05) is 0 Å². The predicted octanol–water partition coefficient (Wildman–Crippen LogP) is 14.1. The van der Waals surface area contributed by atoms with Crippen molar-refractivity contribution in [1.29, 1.82) is 0 Å². The molecule has 250 valence electrons. The summed E-state index contributed by atoms with van der Waals surface area (Å²) in [5, 5.41) is 5.10. The first-order valence-electron chi connectivity index (χ1n) is 18.7. The average Bonchev–Trinajstić information content (AvgIpc) is 3.64. The molecule has 0 radical (unpaired) electrons. The summed E-state index contributed by atoms with van der Waals surface area (Å²) in [5.74, 6) is 0.963. The molecule has 0 saturated heterocycles. The minimum absolute atomic E-state index is 0.398. The van der Waals surface area contributed by atoms with Gasteiger partial charge in [0.05, 0.1) is 5.41 Å². The van der Waals surface area contributed by atoms with Gasteiger partial charge < -0.3 is 4.90 Å². The van der Waals surface area contributed by atoms with Crippen LogP contribution < -0.4 is 4.90 Å². The highest BCUT2D eigenvalue weighted by molar-refractivity contribution is 6.09. The predicted molar refractivity (Wildman–Crippen MR) is 221 cm³/mol. The quantitative estimate of drug-likeness (QED) is 0.177. The molecule has 52 heavy (non-hydrogen) atoms. The molecule has 8 aromatic rings. The minimum atomic E-state index is -0.398. The van der Waals surface area contributed by atoms with E-state index in [4.69, 9.17) is 0 Å². The van der Waals surface area contributed by atoms with Crippen LogP contribution >= 0.6 is 0 Å². The van der Waals surface area contributed by atoms with E-state index in [-0.39, 0.29) is 0 Å². The van der Waals surface area contributed by atoms with Crippen LogP contribution in [0.5, 0.6) is 0 Å². The second-order valence-electron chi connectivity index (χ2n) is 15.3. The fourth-order valence-corrected chi connectivity index (χ4v) is 9.24. The standard InChI is InChI=1S/C51H41N/c1-32(2)34-17-23-39(24-18-34)52(40-25-19-35(20-26-40)33(3)4)41-27-21-37-30-45-49(31-38(37)29-41)51(48-28-22-36-11-5-6-12-42(36)50(45)48)46-15-9-7-13-43(46)44-14-8-10-16-47(44)51/h5-33H,1-4H3. The number of rotatable bonds is 5. The third-order valence-corrected chi connectivity index (χ3v) is 11.8. The molecule has 0 bridgehead atoms. The summed E-state index contributed by atoms with van der Waals surface area (Å²) in [6, 6.07) is 62.1. The van der Waals surface area contributed by atoms with E-state index < -0.39 is 5.41 Å². The van der Waals surface area contributed by atoms with Crippen LogP contribution in [-0.4, -0.2) is 0 Å². The molecular weight excluding hydrogens is 627 g/mol. The van der Waals surface area contributed by atoms with Crippen molar-refractivity contribution < 1.29 is 0 Å². The van der Waals surface area contributed by atoms with Gasteiger partial charge >= 0.3 is 0 Å². The molecule has 0 heterocycles. The van der Waals surface area contributed by atoms with Gasteiger partial charge in [0, 0.05) is 17.1 Å². The van der Waals surface area contributed by atoms with Crippen molar-refractivity contribution in [3.05, 3.63) is 197 Å². The Kier molecular flexibility index (Phi) is 6.86. The number of hydrogen-bond donors (Lipinski definition) is 0. The van der Waals surface area contributed by atoms with E-state index in [0.29, 0.717) is 11.8 Å². The molecule has 10 rings (SSSR count). The van der Waals surface area contributed by atoms with Gasteiger partial charge in [0.2, 0.25) is 0 Å². The Bertz CT molecular complexity index is 2580. The lowest BCUT2D eigenvalue weighted by atomic mass is 9.70. The van der Waals surface area contributed by atoms with Crippen LogP contribution in [0.1, 0.15) is 72.9 Å². The smallest absolute Gasteiger partial charge is 0.0725 e. The summed E-state index contributed by atoms with van der Waals surface area (Å²) < 4.78 is 0. The summed E-state index contributed by atoms with van der Waals surface area (Å²) in [4.78, 5) is 2.42. The van der Waals surface area contributed by atoms with Gasteiger partial charge in [-0.05, 0) is 138 Å². The molecule has 1 spiro atoms. The van der Waals surface area contributed by atoms with Gasteiger partial charge in [0.15, 0.2) is 0 Å². The fourth-order valence-electron chi connectivity index (χ4n) is 9.24. The maximum atomic E-state index is 2.52. The normalized spacial score (nSPS) is 13.5. The summed E-state index contributed by atoms with van der Waals surface area (Å²) in [6.07, 6.45) is 0. The van der Waals surface area contributed by atoms with Crippen molar-refractivity contribution in [3.63, 3.8) is 0 Å². The molecule has 0 saturated carbocycles. The highest BCUT2D eigenvalue weighted by atomic mass is 15.1. The van der Waals surface area contributed by atoms with Gasteiger partial charge in [-0.2, -0.15) is 0 Å². The summed E-state index contributed by atoms with van der Waals surface area (Å²) in [7, 11) is 0. The Hall–Kier alpha value is -5.92. The highest BCUT2D eigenvalue weighted by Gasteiger charge is 2.52. The zero-order valence-corrected chi connectivity index (χ0v) is 30.2. The van der Waals surface area contributed by atoms with E-state index in [2.05, 4.69) is 196 Å². The van der Waals surface area contributed by atoms with Crippen LogP contribution in [0.2, 0.25) is 0 Å². The van der Waals surface area contributed by atoms with Crippen molar-refractivity contribution >= 4 is 38.6 Å². The van der Waals surface area contributed by atoms with E-state index in [1.54, 1.807) is 0 Å². The van der Waals surface area contributed by atoms with Crippen LogP contribution in [-0.2, 0) is 5.41 Å². The van der Waals surface area contributed by atoms with Gasteiger partial charge in [0.25, 0.3) is 0 Å². The second-order valence-corrected chi connectivity index (χ2v) is 15.3.